The molecule has 1 aromatic carbocycles. The molecule has 0 bridgehead atoms. The average molecular weight is 269 g/mol. The second-order valence-corrected chi connectivity index (χ2v) is 4.85. The Balaban J connectivity index is 2.00. The SMILES string of the molecule is Nc1cccc2c1CCCN2C(=O)c1ccc(=O)[nH]c1. The summed E-state index contributed by atoms with van der Waals surface area (Å²) in [4.78, 5) is 27.9. The Morgan fingerprint density at radius 1 is 1.25 bits per heavy atom. The number of rotatable bonds is 1. The van der Waals surface area contributed by atoms with E-state index >= 15 is 0 Å². The fourth-order valence-electron chi connectivity index (χ4n) is 2.56. The second kappa shape index (κ2) is 4.85. The van der Waals surface area contributed by atoms with Crippen molar-refractivity contribution in [2.24, 2.45) is 0 Å². The number of H-pyrrole nitrogens is 1. The molecule has 0 unspecified atom stereocenters. The smallest absolute Gasteiger partial charge is 0.259 e. The molecular weight excluding hydrogens is 254 g/mol. The minimum atomic E-state index is -0.218. The summed E-state index contributed by atoms with van der Waals surface area (Å²) in [6.07, 6.45) is 3.22. The summed E-state index contributed by atoms with van der Waals surface area (Å²) in [6, 6.07) is 8.52. The first-order valence-electron chi connectivity index (χ1n) is 6.55. The molecule has 1 amide bonds. The summed E-state index contributed by atoms with van der Waals surface area (Å²) in [6.45, 7) is 0.661. The topological polar surface area (TPSA) is 79.2 Å². The number of anilines is 2. The highest BCUT2D eigenvalue weighted by atomic mass is 16.2. The van der Waals surface area contributed by atoms with E-state index in [1.807, 2.05) is 18.2 Å². The van der Waals surface area contributed by atoms with Crippen molar-refractivity contribution in [2.45, 2.75) is 12.8 Å². The Kier molecular flexibility index (Phi) is 3.02. The molecule has 5 heteroatoms. The molecule has 3 rings (SSSR count). The fraction of sp³-hybridized carbons (Fsp3) is 0.200. The molecule has 1 aliphatic heterocycles. The highest BCUT2D eigenvalue weighted by Gasteiger charge is 2.24. The molecule has 0 spiro atoms. The minimum Gasteiger partial charge on any atom is -0.398 e. The van der Waals surface area contributed by atoms with E-state index in [1.54, 1.807) is 11.0 Å². The van der Waals surface area contributed by atoms with Crippen LogP contribution in [0.5, 0.6) is 0 Å². The first kappa shape index (κ1) is 12.5. The average Bonchev–Trinajstić information content (AvgIpc) is 2.47. The summed E-state index contributed by atoms with van der Waals surface area (Å²) >= 11 is 0. The van der Waals surface area contributed by atoms with Crippen LogP contribution in [0.3, 0.4) is 0 Å². The van der Waals surface area contributed by atoms with E-state index in [4.69, 9.17) is 5.73 Å². The van der Waals surface area contributed by atoms with Crippen LogP contribution in [0, 0.1) is 0 Å². The van der Waals surface area contributed by atoms with Crippen LogP contribution >= 0.6 is 0 Å². The molecule has 1 aliphatic rings. The maximum atomic E-state index is 12.5. The number of nitrogens with one attached hydrogen (secondary N) is 1. The molecule has 2 heterocycles. The Labute approximate surface area is 116 Å². The number of aromatic nitrogens is 1. The molecule has 0 atom stereocenters. The molecule has 0 saturated heterocycles. The van der Waals surface area contributed by atoms with Crippen molar-refractivity contribution in [1.29, 1.82) is 0 Å². The number of fused-ring (bicyclic) bond motifs is 1. The molecule has 2 aromatic rings. The molecule has 0 saturated carbocycles. The molecule has 20 heavy (non-hydrogen) atoms. The molecule has 5 nitrogen and oxygen atoms in total. The Morgan fingerprint density at radius 3 is 2.85 bits per heavy atom. The van der Waals surface area contributed by atoms with E-state index in [9.17, 15) is 9.59 Å². The predicted molar refractivity (Wildman–Crippen MR) is 77.9 cm³/mol. The van der Waals surface area contributed by atoms with Gasteiger partial charge in [-0.2, -0.15) is 0 Å². The van der Waals surface area contributed by atoms with E-state index < -0.39 is 0 Å². The number of pyridine rings is 1. The van der Waals surface area contributed by atoms with Gasteiger partial charge < -0.3 is 15.6 Å². The van der Waals surface area contributed by atoms with Crippen molar-refractivity contribution < 1.29 is 4.79 Å². The van der Waals surface area contributed by atoms with Gasteiger partial charge in [-0.1, -0.05) is 6.07 Å². The summed E-state index contributed by atoms with van der Waals surface area (Å²) in [5.74, 6) is -0.118. The highest BCUT2D eigenvalue weighted by Crippen LogP contribution is 2.32. The lowest BCUT2D eigenvalue weighted by molar-refractivity contribution is 0.0985. The van der Waals surface area contributed by atoms with Crippen LogP contribution in [-0.4, -0.2) is 17.4 Å². The number of nitrogens with two attached hydrogens (primary N) is 1. The minimum absolute atomic E-state index is 0.118. The summed E-state index contributed by atoms with van der Waals surface area (Å²) in [7, 11) is 0. The van der Waals surface area contributed by atoms with Crippen LogP contribution in [-0.2, 0) is 6.42 Å². The number of nitrogens with zero attached hydrogens (tertiary/aromatic N) is 1. The molecule has 102 valence electrons. The van der Waals surface area contributed by atoms with E-state index in [2.05, 4.69) is 4.98 Å². The van der Waals surface area contributed by atoms with Gasteiger partial charge in [0.2, 0.25) is 5.56 Å². The van der Waals surface area contributed by atoms with Crippen LogP contribution in [0.25, 0.3) is 0 Å². The standard InChI is InChI=1S/C15H15N3O2/c16-12-4-1-5-13-11(12)3-2-8-18(13)15(20)10-6-7-14(19)17-9-10/h1,4-7,9H,2-3,8,16H2,(H,17,19). The summed E-state index contributed by atoms with van der Waals surface area (Å²) < 4.78 is 0. The first-order valence-corrected chi connectivity index (χ1v) is 6.55. The first-order chi connectivity index (χ1) is 9.66. The van der Waals surface area contributed by atoms with Gasteiger partial charge in [0.1, 0.15) is 0 Å². The van der Waals surface area contributed by atoms with Gasteiger partial charge in [0.15, 0.2) is 0 Å². The largest absolute Gasteiger partial charge is 0.398 e. The zero-order chi connectivity index (χ0) is 14.1. The maximum absolute atomic E-state index is 12.5. The predicted octanol–water partition coefficient (Wildman–Crippen LogP) is 1.55. The number of hydrogen-bond donors (Lipinski definition) is 2. The molecule has 0 aliphatic carbocycles. The van der Waals surface area contributed by atoms with E-state index in [1.165, 1.54) is 12.3 Å². The molecule has 0 fully saturated rings. The van der Waals surface area contributed by atoms with Gasteiger partial charge in [0, 0.05) is 30.2 Å². The normalized spacial score (nSPS) is 13.9. The summed E-state index contributed by atoms with van der Waals surface area (Å²) in [5.41, 5.74) is 8.85. The lowest BCUT2D eigenvalue weighted by atomic mass is 9.99. The Morgan fingerprint density at radius 2 is 2.10 bits per heavy atom. The molecule has 1 aromatic heterocycles. The van der Waals surface area contributed by atoms with Crippen LogP contribution in [0.15, 0.2) is 41.3 Å². The zero-order valence-electron chi connectivity index (χ0n) is 10.9. The van der Waals surface area contributed by atoms with Gasteiger partial charge >= 0.3 is 0 Å². The Bertz CT molecular complexity index is 701. The van der Waals surface area contributed by atoms with Crippen molar-refractivity contribution in [3.05, 3.63) is 58.0 Å². The van der Waals surface area contributed by atoms with Gasteiger partial charge in [-0.05, 0) is 36.6 Å². The number of carbonyl (C=O) groups is 1. The van der Waals surface area contributed by atoms with Crippen molar-refractivity contribution in [3.63, 3.8) is 0 Å². The fourth-order valence-corrected chi connectivity index (χ4v) is 2.56. The highest BCUT2D eigenvalue weighted by molar-refractivity contribution is 6.06. The molecule has 0 radical (unpaired) electrons. The third kappa shape index (κ3) is 2.07. The maximum Gasteiger partial charge on any atom is 0.259 e. The third-order valence-corrected chi connectivity index (χ3v) is 3.56. The lowest BCUT2D eigenvalue weighted by Crippen LogP contribution is -2.36. The Hall–Kier alpha value is -2.56. The summed E-state index contributed by atoms with van der Waals surface area (Å²) in [5, 5.41) is 0. The number of carbonyl (C=O) groups excluding carboxylic acids is 1. The van der Waals surface area contributed by atoms with Crippen LogP contribution < -0.4 is 16.2 Å². The van der Waals surface area contributed by atoms with Gasteiger partial charge in [0.05, 0.1) is 5.56 Å². The van der Waals surface area contributed by atoms with Crippen molar-refractivity contribution >= 4 is 17.3 Å². The van der Waals surface area contributed by atoms with Crippen LogP contribution in [0.2, 0.25) is 0 Å². The van der Waals surface area contributed by atoms with Crippen molar-refractivity contribution in [1.82, 2.24) is 4.98 Å². The number of benzene rings is 1. The third-order valence-electron chi connectivity index (χ3n) is 3.56. The van der Waals surface area contributed by atoms with Gasteiger partial charge in [0.25, 0.3) is 5.91 Å². The van der Waals surface area contributed by atoms with Gasteiger partial charge in [-0.3, -0.25) is 9.59 Å². The number of aromatic amines is 1. The monoisotopic (exact) mass is 269 g/mol. The van der Waals surface area contributed by atoms with Gasteiger partial charge in [-0.15, -0.1) is 0 Å². The van der Waals surface area contributed by atoms with E-state index in [0.717, 1.165) is 29.8 Å². The quantitative estimate of drug-likeness (QED) is 0.771. The van der Waals surface area contributed by atoms with Gasteiger partial charge in [-0.25, -0.2) is 0 Å². The van der Waals surface area contributed by atoms with Crippen LogP contribution in [0.1, 0.15) is 22.3 Å². The van der Waals surface area contributed by atoms with Crippen LogP contribution in [0.4, 0.5) is 11.4 Å². The molecular formula is C15H15N3O2. The van der Waals surface area contributed by atoms with Crippen molar-refractivity contribution in [3.8, 4) is 0 Å². The van der Waals surface area contributed by atoms with Crippen molar-refractivity contribution in [2.75, 3.05) is 17.2 Å². The van der Waals surface area contributed by atoms with E-state index in [-0.39, 0.29) is 11.5 Å². The number of amides is 1. The molecule has 3 N–H and O–H groups in total. The number of hydrogen-bond acceptors (Lipinski definition) is 3. The number of nitrogen functional groups attached to an aromatic ring is 1. The van der Waals surface area contributed by atoms with E-state index in [0.29, 0.717) is 12.1 Å². The second-order valence-electron chi connectivity index (χ2n) is 4.85. The zero-order valence-corrected chi connectivity index (χ0v) is 10.9. The lowest BCUT2D eigenvalue weighted by Gasteiger charge is -2.30.